The van der Waals surface area contributed by atoms with Crippen LogP contribution in [0.1, 0.15) is 6.92 Å². The average Bonchev–Trinajstić information content (AvgIpc) is 2.34. The van der Waals surface area contributed by atoms with Crippen molar-refractivity contribution < 1.29 is 21.6 Å². The number of hydrogen-bond acceptors (Lipinski definition) is 3. The third kappa shape index (κ3) is 4.03. The predicted octanol–water partition coefficient (Wildman–Crippen LogP) is 3.95. The summed E-state index contributed by atoms with van der Waals surface area (Å²) in [6.07, 6.45) is 0. The van der Waals surface area contributed by atoms with Gasteiger partial charge in [0.25, 0.3) is 9.84 Å². The number of thioether (sulfide) groups is 1. The van der Waals surface area contributed by atoms with E-state index in [0.29, 0.717) is 11.6 Å². The van der Waals surface area contributed by atoms with Crippen LogP contribution in [0.25, 0.3) is 0 Å². The molecule has 8 heteroatoms. The van der Waals surface area contributed by atoms with Crippen molar-refractivity contribution in [3.05, 3.63) is 24.3 Å². The number of hydrogen-bond donors (Lipinski definition) is 0. The topological polar surface area (TPSA) is 34.1 Å². The van der Waals surface area contributed by atoms with Gasteiger partial charge in [-0.05, 0) is 18.1 Å². The fourth-order valence-electron chi connectivity index (χ4n) is 1.19. The van der Waals surface area contributed by atoms with E-state index in [-0.39, 0.29) is 10.8 Å². The van der Waals surface area contributed by atoms with Gasteiger partial charge in [-0.25, -0.2) is 8.42 Å². The first-order valence-electron chi connectivity index (χ1n) is 5.29. The monoisotopic (exact) mass is 332 g/mol. The molecule has 108 valence electrons. The van der Waals surface area contributed by atoms with E-state index in [1.807, 2.05) is 6.92 Å². The number of halogens is 4. The summed E-state index contributed by atoms with van der Waals surface area (Å²) in [6.45, 7) is 1.83. The second-order valence-electron chi connectivity index (χ2n) is 3.97. The summed E-state index contributed by atoms with van der Waals surface area (Å²) in [7, 11) is -5.32. The van der Waals surface area contributed by atoms with Gasteiger partial charge >= 0.3 is 5.51 Å². The Morgan fingerprint density at radius 2 is 1.89 bits per heavy atom. The van der Waals surface area contributed by atoms with Crippen molar-refractivity contribution in [3.63, 3.8) is 0 Å². The Bertz CT molecular complexity index is 529. The van der Waals surface area contributed by atoms with E-state index in [4.69, 9.17) is 11.6 Å². The molecular formula is C11H12ClF3O2S2. The summed E-state index contributed by atoms with van der Waals surface area (Å²) in [6, 6.07) is 5.11. The maximum Gasteiger partial charge on any atom is 0.501 e. The summed E-state index contributed by atoms with van der Waals surface area (Å²) >= 11 is 6.67. The second-order valence-corrected chi connectivity index (χ2v) is 7.25. The largest absolute Gasteiger partial charge is 0.501 e. The molecule has 1 atom stereocenters. The smallest absolute Gasteiger partial charge is 0.214 e. The van der Waals surface area contributed by atoms with Crippen molar-refractivity contribution in [2.24, 2.45) is 5.92 Å². The minimum atomic E-state index is -5.32. The summed E-state index contributed by atoms with van der Waals surface area (Å²) < 4.78 is 60.5. The van der Waals surface area contributed by atoms with E-state index >= 15 is 0 Å². The normalized spacial score (nSPS) is 14.4. The Labute approximate surface area is 119 Å². The lowest BCUT2D eigenvalue weighted by atomic mass is 10.3. The summed E-state index contributed by atoms with van der Waals surface area (Å²) in [5.74, 6) is 0.892. The molecule has 0 aliphatic heterocycles. The molecule has 0 amide bonds. The Hall–Kier alpha value is -0.400. The SMILES string of the molecule is CC(CCl)CSc1ccccc1S(=O)(=O)C(F)(F)F. The van der Waals surface area contributed by atoms with E-state index in [2.05, 4.69) is 0 Å². The summed E-state index contributed by atoms with van der Waals surface area (Å²) in [4.78, 5) is -0.605. The molecule has 0 saturated heterocycles. The van der Waals surface area contributed by atoms with Crippen molar-refractivity contribution in [1.29, 1.82) is 0 Å². The second kappa shape index (κ2) is 6.37. The molecule has 0 fully saturated rings. The third-order valence-electron chi connectivity index (χ3n) is 2.23. The summed E-state index contributed by atoms with van der Waals surface area (Å²) in [5.41, 5.74) is -5.29. The van der Waals surface area contributed by atoms with Crippen LogP contribution >= 0.6 is 23.4 Å². The van der Waals surface area contributed by atoms with Gasteiger partial charge in [-0.15, -0.1) is 23.4 Å². The van der Waals surface area contributed by atoms with E-state index < -0.39 is 20.2 Å². The maximum atomic E-state index is 12.5. The molecule has 0 radical (unpaired) electrons. The van der Waals surface area contributed by atoms with Crippen LogP contribution in [0.2, 0.25) is 0 Å². The predicted molar refractivity (Wildman–Crippen MR) is 70.3 cm³/mol. The molecule has 0 aliphatic rings. The molecule has 0 saturated carbocycles. The van der Waals surface area contributed by atoms with Crippen LogP contribution in [0.3, 0.4) is 0 Å². The van der Waals surface area contributed by atoms with Crippen molar-refractivity contribution in [3.8, 4) is 0 Å². The molecule has 1 aromatic rings. The molecule has 0 aromatic heterocycles. The van der Waals surface area contributed by atoms with Crippen LogP contribution in [0.15, 0.2) is 34.1 Å². The van der Waals surface area contributed by atoms with Gasteiger partial charge in [0.15, 0.2) is 0 Å². The Morgan fingerprint density at radius 1 is 1.32 bits per heavy atom. The number of alkyl halides is 4. The van der Waals surface area contributed by atoms with E-state index in [0.717, 1.165) is 17.8 Å². The van der Waals surface area contributed by atoms with Gasteiger partial charge in [-0.3, -0.25) is 0 Å². The molecule has 0 spiro atoms. The summed E-state index contributed by atoms with van der Waals surface area (Å²) in [5, 5.41) is 0. The van der Waals surface area contributed by atoms with Gasteiger partial charge < -0.3 is 0 Å². The first kappa shape index (κ1) is 16.7. The molecule has 1 unspecified atom stereocenters. The van der Waals surface area contributed by atoms with Crippen molar-refractivity contribution >= 4 is 33.2 Å². The average molecular weight is 333 g/mol. The molecule has 19 heavy (non-hydrogen) atoms. The lowest BCUT2D eigenvalue weighted by Gasteiger charge is -2.13. The molecular weight excluding hydrogens is 321 g/mol. The molecule has 0 aliphatic carbocycles. The number of sulfone groups is 1. The molecule has 1 rings (SSSR count). The first-order valence-corrected chi connectivity index (χ1v) is 8.29. The Kier molecular flexibility index (Phi) is 5.58. The molecule has 0 heterocycles. The van der Waals surface area contributed by atoms with Crippen LogP contribution in [-0.4, -0.2) is 25.6 Å². The van der Waals surface area contributed by atoms with Crippen LogP contribution in [0, 0.1) is 5.92 Å². The van der Waals surface area contributed by atoms with Crippen LogP contribution in [0.5, 0.6) is 0 Å². The highest BCUT2D eigenvalue weighted by Crippen LogP contribution is 2.36. The maximum absolute atomic E-state index is 12.5. The highest BCUT2D eigenvalue weighted by Gasteiger charge is 2.47. The van der Waals surface area contributed by atoms with E-state index in [9.17, 15) is 21.6 Å². The van der Waals surface area contributed by atoms with Gasteiger partial charge in [0, 0.05) is 16.5 Å². The Morgan fingerprint density at radius 3 is 2.42 bits per heavy atom. The zero-order valence-corrected chi connectivity index (χ0v) is 12.3. The zero-order valence-electron chi connectivity index (χ0n) is 9.95. The minimum Gasteiger partial charge on any atom is -0.214 e. The molecule has 0 bridgehead atoms. The standard InChI is InChI=1S/C11H12ClF3O2S2/c1-8(6-12)7-18-9-4-2-3-5-10(9)19(16,17)11(13,14)15/h2-5,8H,6-7H2,1H3. The minimum absolute atomic E-state index is 0.0771. The van der Waals surface area contributed by atoms with Crippen LogP contribution in [0.4, 0.5) is 13.2 Å². The molecule has 0 N–H and O–H groups in total. The fourth-order valence-corrected chi connectivity index (χ4v) is 3.74. The zero-order chi connectivity index (χ0) is 14.7. The molecule has 2 nitrogen and oxygen atoms in total. The quantitative estimate of drug-likeness (QED) is 0.605. The lowest BCUT2D eigenvalue weighted by Crippen LogP contribution is -2.23. The van der Waals surface area contributed by atoms with Crippen molar-refractivity contribution in [1.82, 2.24) is 0 Å². The van der Waals surface area contributed by atoms with Gasteiger partial charge in [0.05, 0.1) is 4.90 Å². The van der Waals surface area contributed by atoms with E-state index in [1.54, 1.807) is 0 Å². The Balaban J connectivity index is 3.10. The van der Waals surface area contributed by atoms with Gasteiger partial charge in [-0.1, -0.05) is 19.1 Å². The lowest BCUT2D eigenvalue weighted by molar-refractivity contribution is -0.0437. The first-order chi connectivity index (χ1) is 8.70. The molecule has 1 aromatic carbocycles. The van der Waals surface area contributed by atoms with Crippen LogP contribution < -0.4 is 0 Å². The van der Waals surface area contributed by atoms with Crippen molar-refractivity contribution in [2.45, 2.75) is 22.2 Å². The number of rotatable bonds is 5. The van der Waals surface area contributed by atoms with E-state index in [1.165, 1.54) is 18.2 Å². The van der Waals surface area contributed by atoms with Crippen molar-refractivity contribution in [2.75, 3.05) is 11.6 Å². The highest BCUT2D eigenvalue weighted by molar-refractivity contribution is 8.00. The van der Waals surface area contributed by atoms with Gasteiger partial charge in [-0.2, -0.15) is 13.2 Å². The fraction of sp³-hybridized carbons (Fsp3) is 0.455. The third-order valence-corrected chi connectivity index (χ3v) is 5.83. The van der Waals surface area contributed by atoms with Gasteiger partial charge in [0.1, 0.15) is 0 Å². The van der Waals surface area contributed by atoms with Gasteiger partial charge in [0.2, 0.25) is 0 Å². The highest BCUT2D eigenvalue weighted by atomic mass is 35.5. The van der Waals surface area contributed by atoms with Crippen LogP contribution in [-0.2, 0) is 9.84 Å². The number of benzene rings is 1.